The minimum atomic E-state index is -5.07. The molecule has 2 aromatic rings. The molecule has 2 aliphatic rings. The van der Waals surface area contributed by atoms with Crippen LogP contribution in [0.2, 0.25) is 10.0 Å². The standard InChI is InChI=1S/C26H22Cl2F6N2O2/c1-35(24(38)15-8-16(25(29,30)31)11-17(9-15)26(32,33)34)23-6-7-36(18-3-4-19(37)12-18)13-20(23)14-2-5-21(27)22(28)10-14/h2,5,8-12,20,23H,3-4,6-7,13H2,1H3/t20-,23+/m0/s1. The normalized spacial score (nSPS) is 20.5. The van der Waals surface area contributed by atoms with Crippen LogP contribution in [0.1, 0.15) is 52.2 Å². The summed E-state index contributed by atoms with van der Waals surface area (Å²) in [4.78, 5) is 28.4. The van der Waals surface area contributed by atoms with Crippen LogP contribution in [0.3, 0.4) is 0 Å². The quantitative estimate of drug-likeness (QED) is 0.360. The third-order valence-electron chi connectivity index (χ3n) is 6.96. The number of nitrogens with zero attached hydrogens (tertiary/aromatic N) is 2. The van der Waals surface area contributed by atoms with E-state index in [-0.39, 0.29) is 16.9 Å². The summed E-state index contributed by atoms with van der Waals surface area (Å²) >= 11 is 12.3. The summed E-state index contributed by atoms with van der Waals surface area (Å²) in [5, 5.41) is 0.564. The number of halogens is 8. The molecule has 2 aromatic carbocycles. The van der Waals surface area contributed by atoms with Gasteiger partial charge in [0.25, 0.3) is 5.91 Å². The van der Waals surface area contributed by atoms with Gasteiger partial charge in [-0.2, -0.15) is 26.3 Å². The number of benzene rings is 2. The van der Waals surface area contributed by atoms with E-state index in [0.717, 1.165) is 5.70 Å². The number of likely N-dealkylation sites (tertiary alicyclic amines) is 1. The maximum absolute atomic E-state index is 13.4. The van der Waals surface area contributed by atoms with Gasteiger partial charge in [0.15, 0.2) is 5.78 Å². The zero-order valence-electron chi connectivity index (χ0n) is 20.0. The first-order chi connectivity index (χ1) is 17.6. The van der Waals surface area contributed by atoms with Crippen molar-refractivity contribution in [1.82, 2.24) is 9.80 Å². The molecule has 204 valence electrons. The molecule has 0 N–H and O–H groups in total. The van der Waals surface area contributed by atoms with Gasteiger partial charge in [-0.3, -0.25) is 9.59 Å². The van der Waals surface area contributed by atoms with Crippen molar-refractivity contribution < 1.29 is 35.9 Å². The largest absolute Gasteiger partial charge is 0.416 e. The SMILES string of the molecule is CN(C(=O)c1cc(C(F)(F)F)cc(C(F)(F)F)c1)[C@@H]1CCN(C2=CC(=O)CC2)C[C@H]1c1ccc(Cl)c(Cl)c1. The van der Waals surface area contributed by atoms with Crippen LogP contribution in [0.15, 0.2) is 48.2 Å². The Morgan fingerprint density at radius 3 is 2.11 bits per heavy atom. The predicted molar refractivity (Wildman–Crippen MR) is 130 cm³/mol. The topological polar surface area (TPSA) is 40.6 Å². The van der Waals surface area contributed by atoms with Crippen molar-refractivity contribution in [3.63, 3.8) is 0 Å². The number of ketones is 1. The number of rotatable bonds is 4. The van der Waals surface area contributed by atoms with E-state index in [1.165, 1.54) is 11.9 Å². The highest BCUT2D eigenvalue weighted by Crippen LogP contribution is 2.39. The maximum atomic E-state index is 13.4. The Morgan fingerprint density at radius 2 is 1.58 bits per heavy atom. The fourth-order valence-electron chi connectivity index (χ4n) is 5.00. The Balaban J connectivity index is 1.70. The fraction of sp³-hybridized carbons (Fsp3) is 0.385. The van der Waals surface area contributed by atoms with Gasteiger partial charge in [0.1, 0.15) is 0 Å². The highest BCUT2D eigenvalue weighted by Gasteiger charge is 2.40. The highest BCUT2D eigenvalue weighted by molar-refractivity contribution is 6.42. The number of allylic oxidation sites excluding steroid dienone is 2. The number of hydrogen-bond acceptors (Lipinski definition) is 3. The van der Waals surface area contributed by atoms with E-state index in [9.17, 15) is 35.9 Å². The molecule has 1 aliphatic heterocycles. The molecule has 1 amide bonds. The third-order valence-corrected chi connectivity index (χ3v) is 7.70. The number of carbonyl (C=O) groups excluding carboxylic acids is 2. The molecule has 0 saturated carbocycles. The van der Waals surface area contributed by atoms with Gasteiger partial charge < -0.3 is 9.80 Å². The molecule has 0 radical (unpaired) electrons. The fourth-order valence-corrected chi connectivity index (χ4v) is 5.30. The van der Waals surface area contributed by atoms with Gasteiger partial charge >= 0.3 is 12.4 Å². The molecule has 1 heterocycles. The summed E-state index contributed by atoms with van der Waals surface area (Å²) in [5.74, 6) is -1.39. The Bertz CT molecular complexity index is 1260. The van der Waals surface area contributed by atoms with E-state index >= 15 is 0 Å². The number of piperidine rings is 1. The van der Waals surface area contributed by atoms with Crippen LogP contribution >= 0.6 is 23.2 Å². The number of carbonyl (C=O) groups is 2. The second-order valence-electron chi connectivity index (χ2n) is 9.39. The average molecular weight is 579 g/mol. The van der Waals surface area contributed by atoms with Gasteiger partial charge in [-0.05, 0) is 48.7 Å². The predicted octanol–water partition coefficient (Wildman–Crippen LogP) is 7.21. The van der Waals surface area contributed by atoms with Crippen molar-refractivity contribution in [3.8, 4) is 0 Å². The number of likely N-dealkylation sites (N-methyl/N-ethyl adjacent to an activating group) is 1. The van der Waals surface area contributed by atoms with Crippen LogP contribution in [-0.2, 0) is 17.1 Å². The second-order valence-corrected chi connectivity index (χ2v) is 10.2. The minimum absolute atomic E-state index is 0.00511. The summed E-state index contributed by atoms with van der Waals surface area (Å²) in [6.45, 7) is 0.797. The van der Waals surface area contributed by atoms with Gasteiger partial charge in [0, 0.05) is 55.9 Å². The summed E-state index contributed by atoms with van der Waals surface area (Å²) in [5.41, 5.74) is -2.29. The minimum Gasteiger partial charge on any atom is -0.374 e. The number of amides is 1. The zero-order valence-corrected chi connectivity index (χ0v) is 21.5. The van der Waals surface area contributed by atoms with Crippen molar-refractivity contribution in [2.45, 2.75) is 43.6 Å². The van der Waals surface area contributed by atoms with Gasteiger partial charge in [-0.1, -0.05) is 29.3 Å². The average Bonchev–Trinajstić information content (AvgIpc) is 3.29. The second kappa shape index (κ2) is 10.4. The Morgan fingerprint density at radius 1 is 0.947 bits per heavy atom. The number of hydrogen-bond donors (Lipinski definition) is 0. The number of alkyl halides is 6. The molecule has 1 aliphatic carbocycles. The first-order valence-electron chi connectivity index (χ1n) is 11.6. The molecule has 0 spiro atoms. The Hall–Kier alpha value is -2.72. The molecule has 12 heteroatoms. The lowest BCUT2D eigenvalue weighted by atomic mass is 9.84. The van der Waals surface area contributed by atoms with Crippen molar-refractivity contribution in [1.29, 1.82) is 0 Å². The summed E-state index contributed by atoms with van der Waals surface area (Å²) in [6, 6.07) is 5.20. The molecule has 4 rings (SSSR count). The summed E-state index contributed by atoms with van der Waals surface area (Å²) in [7, 11) is 1.36. The monoisotopic (exact) mass is 578 g/mol. The van der Waals surface area contributed by atoms with Crippen LogP contribution in [0.5, 0.6) is 0 Å². The smallest absolute Gasteiger partial charge is 0.374 e. The Labute approximate surface area is 224 Å². The van der Waals surface area contributed by atoms with Gasteiger partial charge in [-0.15, -0.1) is 0 Å². The van der Waals surface area contributed by atoms with Crippen LogP contribution in [0.25, 0.3) is 0 Å². The van der Waals surface area contributed by atoms with Gasteiger partial charge in [0.2, 0.25) is 0 Å². The highest BCUT2D eigenvalue weighted by atomic mass is 35.5. The summed E-state index contributed by atoms with van der Waals surface area (Å²) in [6.07, 6.45) is -7.27. The lowest BCUT2D eigenvalue weighted by Crippen LogP contribution is -2.50. The molecule has 0 bridgehead atoms. The van der Waals surface area contributed by atoms with Crippen LogP contribution in [0.4, 0.5) is 26.3 Å². The van der Waals surface area contributed by atoms with Crippen molar-refractivity contribution >= 4 is 34.9 Å². The van der Waals surface area contributed by atoms with Crippen molar-refractivity contribution in [2.24, 2.45) is 0 Å². The van der Waals surface area contributed by atoms with E-state index in [0.29, 0.717) is 55.1 Å². The van der Waals surface area contributed by atoms with Crippen LogP contribution in [0, 0.1) is 0 Å². The van der Waals surface area contributed by atoms with Crippen LogP contribution < -0.4 is 0 Å². The molecule has 38 heavy (non-hydrogen) atoms. The van der Waals surface area contributed by atoms with Gasteiger partial charge in [0.05, 0.1) is 21.2 Å². The van der Waals surface area contributed by atoms with E-state index < -0.39 is 46.9 Å². The first kappa shape index (κ1) is 28.3. The van der Waals surface area contributed by atoms with Gasteiger partial charge in [-0.25, -0.2) is 0 Å². The van der Waals surface area contributed by atoms with E-state index in [1.807, 2.05) is 4.90 Å². The maximum Gasteiger partial charge on any atom is 0.416 e. The molecular formula is C26H22Cl2F6N2O2. The van der Waals surface area contributed by atoms with E-state index in [1.54, 1.807) is 24.3 Å². The molecule has 0 aromatic heterocycles. The molecule has 1 saturated heterocycles. The molecule has 0 unspecified atom stereocenters. The Kier molecular flexibility index (Phi) is 7.78. The van der Waals surface area contributed by atoms with Crippen LogP contribution in [-0.4, -0.2) is 47.7 Å². The zero-order chi connectivity index (χ0) is 28.0. The van der Waals surface area contributed by atoms with E-state index in [2.05, 4.69) is 0 Å². The lowest BCUT2D eigenvalue weighted by Gasteiger charge is -2.44. The summed E-state index contributed by atoms with van der Waals surface area (Å²) < 4.78 is 80.3. The first-order valence-corrected chi connectivity index (χ1v) is 12.4. The third kappa shape index (κ3) is 5.96. The molecular weight excluding hydrogens is 557 g/mol. The van der Waals surface area contributed by atoms with Crippen molar-refractivity contribution in [3.05, 3.63) is 80.5 Å². The lowest BCUT2D eigenvalue weighted by molar-refractivity contribution is -0.143. The van der Waals surface area contributed by atoms with Crippen molar-refractivity contribution in [2.75, 3.05) is 20.1 Å². The molecule has 4 nitrogen and oxygen atoms in total. The molecule has 2 atom stereocenters. The molecule has 1 fully saturated rings. The van der Waals surface area contributed by atoms with E-state index in [4.69, 9.17) is 23.2 Å².